The summed E-state index contributed by atoms with van der Waals surface area (Å²) >= 11 is 11.8. The van der Waals surface area contributed by atoms with E-state index in [1.54, 1.807) is 18.2 Å². The lowest BCUT2D eigenvalue weighted by atomic mass is 10.2. The maximum Gasteiger partial charge on any atom is 0.0746 e. The van der Waals surface area contributed by atoms with Crippen LogP contribution in [0.1, 0.15) is 5.56 Å². The van der Waals surface area contributed by atoms with Crippen LogP contribution < -0.4 is 5.73 Å². The molecule has 13 heavy (non-hydrogen) atoms. The summed E-state index contributed by atoms with van der Waals surface area (Å²) in [6.45, 7) is 1.43. The van der Waals surface area contributed by atoms with Crippen molar-refractivity contribution in [1.29, 1.82) is 0 Å². The van der Waals surface area contributed by atoms with Crippen molar-refractivity contribution in [1.82, 2.24) is 0 Å². The highest BCUT2D eigenvalue weighted by Crippen LogP contribution is 2.24. The second kappa shape index (κ2) is 5.45. The fraction of sp³-hybridized carbons (Fsp3) is 0.333. The van der Waals surface area contributed by atoms with Crippen molar-refractivity contribution < 1.29 is 4.74 Å². The molecule has 0 amide bonds. The minimum absolute atomic E-state index is 0.412. The normalized spacial score (nSPS) is 10.4. The number of hydrogen-bond acceptors (Lipinski definition) is 2. The van der Waals surface area contributed by atoms with Crippen molar-refractivity contribution in [2.75, 3.05) is 13.2 Å². The average Bonchev–Trinajstić information content (AvgIpc) is 2.10. The molecule has 0 aliphatic rings. The third kappa shape index (κ3) is 3.16. The maximum absolute atomic E-state index is 5.91. The zero-order valence-electron chi connectivity index (χ0n) is 7.09. The summed E-state index contributed by atoms with van der Waals surface area (Å²) in [7, 11) is 0. The molecule has 0 heterocycles. The maximum atomic E-state index is 5.91. The highest BCUT2D eigenvalue weighted by molar-refractivity contribution is 6.35. The quantitative estimate of drug-likeness (QED) is 0.791. The molecule has 0 radical (unpaired) electrons. The van der Waals surface area contributed by atoms with Crippen LogP contribution in [0.4, 0.5) is 0 Å². The Morgan fingerprint density at radius 3 is 2.38 bits per heavy atom. The van der Waals surface area contributed by atoms with Gasteiger partial charge in [-0.15, -0.1) is 0 Å². The lowest BCUT2D eigenvalue weighted by molar-refractivity contribution is 0.128. The molecule has 0 aliphatic heterocycles. The number of nitrogens with two attached hydrogens (primary N) is 1. The van der Waals surface area contributed by atoms with Crippen LogP contribution in [0.25, 0.3) is 0 Å². The number of hydrogen-bond donors (Lipinski definition) is 1. The fourth-order valence-electron chi connectivity index (χ4n) is 0.928. The summed E-state index contributed by atoms with van der Waals surface area (Å²) in [6.07, 6.45) is 0. The molecule has 0 saturated heterocycles. The van der Waals surface area contributed by atoms with Crippen LogP contribution in [0, 0.1) is 0 Å². The van der Waals surface area contributed by atoms with Crippen LogP contribution in [-0.2, 0) is 11.3 Å². The molecule has 0 aliphatic carbocycles. The average molecular weight is 220 g/mol. The van der Waals surface area contributed by atoms with E-state index in [1.165, 1.54) is 0 Å². The Morgan fingerprint density at radius 1 is 1.23 bits per heavy atom. The molecule has 2 nitrogen and oxygen atoms in total. The van der Waals surface area contributed by atoms with Crippen molar-refractivity contribution in [3.05, 3.63) is 33.8 Å². The van der Waals surface area contributed by atoms with Gasteiger partial charge in [0.15, 0.2) is 0 Å². The second-order valence-electron chi connectivity index (χ2n) is 2.54. The van der Waals surface area contributed by atoms with Crippen LogP contribution in [-0.4, -0.2) is 13.2 Å². The molecule has 1 rings (SSSR count). The molecule has 72 valence electrons. The molecule has 0 spiro atoms. The number of rotatable bonds is 4. The first kappa shape index (κ1) is 10.8. The summed E-state index contributed by atoms with van der Waals surface area (Å²) in [5, 5.41) is 1.26. The van der Waals surface area contributed by atoms with Crippen molar-refractivity contribution in [2.45, 2.75) is 6.61 Å². The molecule has 0 saturated carbocycles. The van der Waals surface area contributed by atoms with Gasteiger partial charge >= 0.3 is 0 Å². The SMILES string of the molecule is NCCOCc1c(Cl)cccc1Cl. The monoisotopic (exact) mass is 219 g/mol. The first-order valence-corrected chi connectivity index (χ1v) is 4.72. The van der Waals surface area contributed by atoms with Crippen LogP contribution in [0.2, 0.25) is 10.0 Å². The Bertz CT molecular complexity index is 258. The summed E-state index contributed by atoms with van der Waals surface area (Å²) in [6, 6.07) is 5.38. The molecule has 1 aromatic carbocycles. The molecule has 2 N–H and O–H groups in total. The second-order valence-corrected chi connectivity index (χ2v) is 3.36. The Labute approximate surface area is 87.6 Å². The topological polar surface area (TPSA) is 35.2 Å². The van der Waals surface area contributed by atoms with E-state index >= 15 is 0 Å². The van der Waals surface area contributed by atoms with E-state index in [1.807, 2.05) is 0 Å². The van der Waals surface area contributed by atoms with Gasteiger partial charge in [-0.05, 0) is 12.1 Å². The van der Waals surface area contributed by atoms with E-state index in [4.69, 9.17) is 33.7 Å². The zero-order chi connectivity index (χ0) is 9.68. The van der Waals surface area contributed by atoms with E-state index in [-0.39, 0.29) is 0 Å². The highest BCUT2D eigenvalue weighted by Gasteiger charge is 2.04. The van der Waals surface area contributed by atoms with Gasteiger partial charge in [-0.2, -0.15) is 0 Å². The number of halogens is 2. The molecule has 0 atom stereocenters. The molecule has 1 aromatic rings. The van der Waals surface area contributed by atoms with Crippen molar-refractivity contribution in [3.63, 3.8) is 0 Å². The van der Waals surface area contributed by atoms with Gasteiger partial charge in [-0.25, -0.2) is 0 Å². The summed E-state index contributed by atoms with van der Waals surface area (Å²) in [4.78, 5) is 0. The van der Waals surface area contributed by atoms with Crippen molar-refractivity contribution in [3.8, 4) is 0 Å². The highest BCUT2D eigenvalue weighted by atomic mass is 35.5. The van der Waals surface area contributed by atoms with Crippen LogP contribution >= 0.6 is 23.2 Å². The Hall–Kier alpha value is -0.280. The molecule has 0 fully saturated rings. The van der Waals surface area contributed by atoms with E-state index in [9.17, 15) is 0 Å². The van der Waals surface area contributed by atoms with E-state index in [0.29, 0.717) is 29.8 Å². The molecule has 4 heteroatoms. The summed E-state index contributed by atoms with van der Waals surface area (Å²) in [5.74, 6) is 0. The van der Waals surface area contributed by atoms with Gasteiger partial charge in [0.2, 0.25) is 0 Å². The standard InChI is InChI=1S/C9H11Cl2NO/c10-8-2-1-3-9(11)7(8)6-13-5-4-12/h1-3H,4-6,12H2. The van der Waals surface area contributed by atoms with Gasteiger partial charge in [0.05, 0.1) is 13.2 Å². The van der Waals surface area contributed by atoms with Crippen LogP contribution in [0.15, 0.2) is 18.2 Å². The van der Waals surface area contributed by atoms with Crippen LogP contribution in [0.3, 0.4) is 0 Å². The molecule has 0 bridgehead atoms. The summed E-state index contributed by atoms with van der Waals surface area (Å²) in [5.41, 5.74) is 6.10. The fourth-order valence-corrected chi connectivity index (χ4v) is 1.43. The largest absolute Gasteiger partial charge is 0.375 e. The third-order valence-electron chi connectivity index (χ3n) is 1.57. The minimum atomic E-state index is 0.412. The van der Waals surface area contributed by atoms with Gasteiger partial charge in [0.1, 0.15) is 0 Å². The Balaban J connectivity index is 2.64. The third-order valence-corrected chi connectivity index (χ3v) is 2.28. The first-order valence-electron chi connectivity index (χ1n) is 3.96. The lowest BCUT2D eigenvalue weighted by Crippen LogP contribution is -2.08. The van der Waals surface area contributed by atoms with Crippen LogP contribution in [0.5, 0.6) is 0 Å². The molecular formula is C9H11Cl2NO. The van der Waals surface area contributed by atoms with Gasteiger partial charge in [0, 0.05) is 22.2 Å². The van der Waals surface area contributed by atoms with E-state index < -0.39 is 0 Å². The Morgan fingerprint density at radius 2 is 1.85 bits per heavy atom. The summed E-state index contributed by atoms with van der Waals surface area (Å²) < 4.78 is 5.24. The predicted octanol–water partition coefficient (Wildman–Crippen LogP) is 2.47. The molecule has 0 unspecified atom stereocenters. The Kier molecular flexibility index (Phi) is 4.53. The van der Waals surface area contributed by atoms with Crippen molar-refractivity contribution in [2.24, 2.45) is 5.73 Å². The zero-order valence-corrected chi connectivity index (χ0v) is 8.61. The minimum Gasteiger partial charge on any atom is -0.375 e. The van der Waals surface area contributed by atoms with Gasteiger partial charge in [-0.3, -0.25) is 0 Å². The lowest BCUT2D eigenvalue weighted by Gasteiger charge is -2.06. The predicted molar refractivity (Wildman–Crippen MR) is 55.2 cm³/mol. The van der Waals surface area contributed by atoms with E-state index in [2.05, 4.69) is 0 Å². The van der Waals surface area contributed by atoms with Gasteiger partial charge in [0.25, 0.3) is 0 Å². The molecular weight excluding hydrogens is 209 g/mol. The number of benzene rings is 1. The molecule has 0 aromatic heterocycles. The van der Waals surface area contributed by atoms with E-state index in [0.717, 1.165) is 5.56 Å². The van der Waals surface area contributed by atoms with Crippen molar-refractivity contribution >= 4 is 23.2 Å². The van der Waals surface area contributed by atoms with Gasteiger partial charge < -0.3 is 10.5 Å². The first-order chi connectivity index (χ1) is 6.25. The van der Waals surface area contributed by atoms with Gasteiger partial charge in [-0.1, -0.05) is 29.3 Å². The number of ether oxygens (including phenoxy) is 1. The smallest absolute Gasteiger partial charge is 0.0746 e.